The summed E-state index contributed by atoms with van der Waals surface area (Å²) in [4.78, 5) is 2.28. The van der Waals surface area contributed by atoms with E-state index in [1.807, 2.05) is 13.0 Å². The molecule has 3 aromatic heterocycles. The van der Waals surface area contributed by atoms with E-state index < -0.39 is 0 Å². The Balaban J connectivity index is 1.50. The van der Waals surface area contributed by atoms with Crippen LogP contribution in [0.5, 0.6) is 0 Å². The first-order chi connectivity index (χ1) is 10.8. The van der Waals surface area contributed by atoms with Gasteiger partial charge in [0.2, 0.25) is 5.89 Å². The zero-order valence-electron chi connectivity index (χ0n) is 12.2. The lowest BCUT2D eigenvalue weighted by molar-refractivity contribution is 0.190. The van der Waals surface area contributed by atoms with Crippen LogP contribution in [0.1, 0.15) is 36.2 Å². The van der Waals surface area contributed by atoms with Crippen molar-refractivity contribution in [3.63, 3.8) is 0 Å². The van der Waals surface area contributed by atoms with Crippen LogP contribution in [-0.4, -0.2) is 26.8 Å². The van der Waals surface area contributed by atoms with E-state index >= 15 is 0 Å². The van der Waals surface area contributed by atoms with Gasteiger partial charge in [-0.1, -0.05) is 5.16 Å². The number of rotatable bonds is 4. The summed E-state index contributed by atoms with van der Waals surface area (Å²) in [5.74, 6) is 2.48. The predicted octanol–water partition coefficient (Wildman–Crippen LogP) is 2.96. The Morgan fingerprint density at radius 1 is 1.36 bits per heavy atom. The van der Waals surface area contributed by atoms with Crippen molar-refractivity contribution >= 4 is 0 Å². The fourth-order valence-electron chi connectivity index (χ4n) is 2.87. The average Bonchev–Trinajstić information content (AvgIpc) is 3.26. The van der Waals surface area contributed by atoms with Crippen molar-refractivity contribution in [3.8, 4) is 11.7 Å². The van der Waals surface area contributed by atoms with E-state index in [-0.39, 0.29) is 6.04 Å². The van der Waals surface area contributed by atoms with Crippen LogP contribution in [-0.2, 0) is 6.54 Å². The van der Waals surface area contributed by atoms with Crippen LogP contribution in [0.25, 0.3) is 11.7 Å². The maximum absolute atomic E-state index is 5.68. The van der Waals surface area contributed by atoms with Crippen LogP contribution in [0.3, 0.4) is 0 Å². The van der Waals surface area contributed by atoms with Gasteiger partial charge in [0, 0.05) is 6.07 Å². The molecule has 1 fully saturated rings. The molecule has 4 heterocycles. The van der Waals surface area contributed by atoms with Gasteiger partial charge in [-0.05, 0) is 38.4 Å². The molecular formula is C15H16N4O3. The van der Waals surface area contributed by atoms with Gasteiger partial charge in [-0.15, -0.1) is 10.2 Å². The van der Waals surface area contributed by atoms with Crippen LogP contribution in [0, 0.1) is 6.92 Å². The summed E-state index contributed by atoms with van der Waals surface area (Å²) in [5, 5.41) is 12.1. The van der Waals surface area contributed by atoms with Crippen molar-refractivity contribution in [1.82, 2.24) is 20.3 Å². The topological polar surface area (TPSA) is 81.3 Å². The molecule has 4 rings (SSSR count). The number of aryl methyl sites for hydroxylation is 1. The second-order valence-corrected chi connectivity index (χ2v) is 5.48. The number of hydrogen-bond donors (Lipinski definition) is 0. The normalized spacial score (nSPS) is 19.0. The number of hydrogen-bond acceptors (Lipinski definition) is 7. The smallest absolute Gasteiger partial charge is 0.283 e. The minimum atomic E-state index is 0.222. The summed E-state index contributed by atoms with van der Waals surface area (Å²) in [6.07, 6.45) is 3.75. The Kier molecular flexibility index (Phi) is 3.27. The molecule has 3 aromatic rings. The van der Waals surface area contributed by atoms with Crippen LogP contribution in [0.15, 0.2) is 37.8 Å². The molecule has 7 heteroatoms. The number of furan rings is 1. The molecule has 0 unspecified atom stereocenters. The lowest BCUT2D eigenvalue weighted by Crippen LogP contribution is -2.22. The van der Waals surface area contributed by atoms with E-state index in [9.17, 15) is 0 Å². The van der Waals surface area contributed by atoms with Gasteiger partial charge in [-0.25, -0.2) is 0 Å². The van der Waals surface area contributed by atoms with Gasteiger partial charge in [0.25, 0.3) is 5.89 Å². The van der Waals surface area contributed by atoms with Gasteiger partial charge in [0.05, 0.1) is 24.5 Å². The van der Waals surface area contributed by atoms with E-state index in [4.69, 9.17) is 13.4 Å². The van der Waals surface area contributed by atoms with E-state index in [1.165, 1.54) is 0 Å². The molecule has 1 atom stereocenters. The molecule has 0 radical (unpaired) electrons. The first-order valence-corrected chi connectivity index (χ1v) is 7.33. The lowest BCUT2D eigenvalue weighted by Gasteiger charge is -2.19. The summed E-state index contributed by atoms with van der Waals surface area (Å²) in [6.45, 7) is 3.50. The van der Waals surface area contributed by atoms with Crippen molar-refractivity contribution in [2.45, 2.75) is 32.4 Å². The SMILES string of the molecule is Cc1cc([C@H]2CCCN2Cc2nnc(-c3ccco3)o2)on1. The fourth-order valence-corrected chi connectivity index (χ4v) is 2.87. The van der Waals surface area contributed by atoms with Gasteiger partial charge in [0.15, 0.2) is 11.5 Å². The first kappa shape index (κ1) is 13.3. The molecule has 0 aliphatic carbocycles. The van der Waals surface area contributed by atoms with Gasteiger partial charge in [-0.2, -0.15) is 0 Å². The summed E-state index contributed by atoms with van der Waals surface area (Å²) < 4.78 is 16.3. The summed E-state index contributed by atoms with van der Waals surface area (Å²) in [5.41, 5.74) is 0.903. The lowest BCUT2D eigenvalue weighted by atomic mass is 10.1. The minimum absolute atomic E-state index is 0.222. The molecule has 1 saturated heterocycles. The summed E-state index contributed by atoms with van der Waals surface area (Å²) >= 11 is 0. The van der Waals surface area contributed by atoms with Crippen LogP contribution >= 0.6 is 0 Å². The van der Waals surface area contributed by atoms with Gasteiger partial charge >= 0.3 is 0 Å². The molecular weight excluding hydrogens is 284 g/mol. The van der Waals surface area contributed by atoms with Crippen LogP contribution in [0.2, 0.25) is 0 Å². The van der Waals surface area contributed by atoms with E-state index in [0.29, 0.717) is 24.1 Å². The summed E-state index contributed by atoms with van der Waals surface area (Å²) in [7, 11) is 0. The van der Waals surface area contributed by atoms with Crippen molar-refractivity contribution in [3.05, 3.63) is 41.8 Å². The van der Waals surface area contributed by atoms with Crippen LogP contribution in [0.4, 0.5) is 0 Å². The zero-order chi connectivity index (χ0) is 14.9. The molecule has 0 N–H and O–H groups in total. The maximum Gasteiger partial charge on any atom is 0.283 e. The first-order valence-electron chi connectivity index (χ1n) is 7.33. The Hall–Kier alpha value is -2.41. The van der Waals surface area contributed by atoms with Gasteiger partial charge in [0.1, 0.15) is 0 Å². The third-order valence-corrected chi connectivity index (χ3v) is 3.88. The Morgan fingerprint density at radius 2 is 2.32 bits per heavy atom. The van der Waals surface area contributed by atoms with Gasteiger partial charge < -0.3 is 13.4 Å². The molecule has 0 aromatic carbocycles. The van der Waals surface area contributed by atoms with E-state index in [2.05, 4.69) is 20.3 Å². The van der Waals surface area contributed by atoms with Crippen molar-refractivity contribution in [2.24, 2.45) is 0 Å². The summed E-state index contributed by atoms with van der Waals surface area (Å²) in [6, 6.07) is 5.81. The molecule has 0 bridgehead atoms. The minimum Gasteiger partial charge on any atom is -0.459 e. The van der Waals surface area contributed by atoms with Crippen molar-refractivity contribution in [2.75, 3.05) is 6.54 Å². The molecule has 0 saturated carbocycles. The Labute approximate surface area is 126 Å². The molecule has 1 aliphatic heterocycles. The maximum atomic E-state index is 5.68. The van der Waals surface area contributed by atoms with Crippen molar-refractivity contribution in [1.29, 1.82) is 0 Å². The second-order valence-electron chi connectivity index (χ2n) is 5.48. The predicted molar refractivity (Wildman–Crippen MR) is 75.6 cm³/mol. The number of aromatic nitrogens is 3. The largest absolute Gasteiger partial charge is 0.459 e. The Bertz CT molecular complexity index is 747. The third-order valence-electron chi connectivity index (χ3n) is 3.88. The van der Waals surface area contributed by atoms with E-state index in [1.54, 1.807) is 18.4 Å². The third kappa shape index (κ3) is 2.43. The fraction of sp³-hybridized carbons (Fsp3) is 0.400. The highest BCUT2D eigenvalue weighted by molar-refractivity contribution is 5.42. The highest BCUT2D eigenvalue weighted by atomic mass is 16.5. The number of nitrogens with zero attached hydrogens (tertiary/aromatic N) is 4. The van der Waals surface area contributed by atoms with Gasteiger partial charge in [-0.3, -0.25) is 4.90 Å². The molecule has 1 aliphatic rings. The molecule has 7 nitrogen and oxygen atoms in total. The average molecular weight is 300 g/mol. The quantitative estimate of drug-likeness (QED) is 0.732. The highest BCUT2D eigenvalue weighted by Gasteiger charge is 2.30. The number of likely N-dealkylation sites (tertiary alicyclic amines) is 1. The molecule has 0 amide bonds. The molecule has 114 valence electrons. The van der Waals surface area contributed by atoms with E-state index in [0.717, 1.165) is 30.8 Å². The zero-order valence-corrected chi connectivity index (χ0v) is 12.2. The second kappa shape index (κ2) is 5.42. The van der Waals surface area contributed by atoms with Crippen LogP contribution < -0.4 is 0 Å². The monoisotopic (exact) mass is 300 g/mol. The standard InChI is InChI=1S/C15H16N4O3/c1-10-8-13(22-18-10)11-4-2-6-19(11)9-14-16-17-15(21-14)12-5-3-7-20-12/h3,5,7-8,11H,2,4,6,9H2,1H3/t11-/m1/s1. The molecule has 22 heavy (non-hydrogen) atoms. The highest BCUT2D eigenvalue weighted by Crippen LogP contribution is 2.33. The molecule has 0 spiro atoms. The Morgan fingerprint density at radius 3 is 3.09 bits per heavy atom. The van der Waals surface area contributed by atoms with Crippen molar-refractivity contribution < 1.29 is 13.4 Å².